The first-order valence-electron chi connectivity index (χ1n) is 6.99. The maximum atomic E-state index is 5.87. The van der Waals surface area contributed by atoms with Gasteiger partial charge in [0.1, 0.15) is 0 Å². The Hall–Kier alpha value is -0.930. The van der Waals surface area contributed by atoms with E-state index in [-0.39, 0.29) is 24.0 Å². The van der Waals surface area contributed by atoms with Crippen molar-refractivity contribution >= 4 is 53.3 Å². The van der Waals surface area contributed by atoms with Crippen molar-refractivity contribution in [2.24, 2.45) is 12.0 Å². The van der Waals surface area contributed by atoms with Crippen LogP contribution in [-0.4, -0.2) is 35.1 Å². The number of hydrogen-bond donors (Lipinski definition) is 2. The van der Waals surface area contributed by atoms with Crippen molar-refractivity contribution in [1.82, 2.24) is 20.4 Å². The van der Waals surface area contributed by atoms with E-state index >= 15 is 0 Å². The molecule has 0 aliphatic rings. The number of halogens is 2. The van der Waals surface area contributed by atoms with Gasteiger partial charge in [0.25, 0.3) is 0 Å². The van der Waals surface area contributed by atoms with E-state index in [1.165, 1.54) is 4.90 Å². The topological polar surface area (TPSA) is 54.2 Å². The first-order chi connectivity index (χ1) is 10.7. The number of guanidine groups is 1. The molecule has 2 rings (SSSR count). The molecule has 23 heavy (non-hydrogen) atoms. The molecule has 0 unspecified atom stereocenters. The quantitative estimate of drug-likeness (QED) is 0.226. The third kappa shape index (κ3) is 7.01. The number of benzene rings is 1. The Morgan fingerprint density at radius 3 is 2.61 bits per heavy atom. The number of aryl methyl sites for hydroxylation is 1. The molecule has 1 aromatic carbocycles. The van der Waals surface area contributed by atoms with Crippen LogP contribution in [0.5, 0.6) is 0 Å². The number of hydrogen-bond acceptors (Lipinski definition) is 3. The lowest BCUT2D eigenvalue weighted by Gasteiger charge is -2.11. The summed E-state index contributed by atoms with van der Waals surface area (Å²) in [4.78, 5) is 5.42. The van der Waals surface area contributed by atoms with Crippen molar-refractivity contribution in [2.45, 2.75) is 11.4 Å². The molecular weight excluding hydrogens is 445 g/mol. The molecule has 126 valence electrons. The third-order valence-electron chi connectivity index (χ3n) is 3.06. The van der Waals surface area contributed by atoms with Gasteiger partial charge in [-0.1, -0.05) is 11.6 Å². The maximum absolute atomic E-state index is 5.87. The Morgan fingerprint density at radius 2 is 2.00 bits per heavy atom. The van der Waals surface area contributed by atoms with Gasteiger partial charge in [-0.15, -0.1) is 35.7 Å². The Morgan fingerprint density at radius 1 is 1.26 bits per heavy atom. The van der Waals surface area contributed by atoms with E-state index in [4.69, 9.17) is 11.6 Å². The smallest absolute Gasteiger partial charge is 0.191 e. The molecule has 1 heterocycles. The fourth-order valence-electron chi connectivity index (χ4n) is 1.84. The van der Waals surface area contributed by atoms with Gasteiger partial charge in [-0.25, -0.2) is 0 Å². The van der Waals surface area contributed by atoms with Crippen molar-refractivity contribution in [3.8, 4) is 0 Å². The largest absolute Gasteiger partial charge is 0.356 e. The zero-order chi connectivity index (χ0) is 15.8. The summed E-state index contributed by atoms with van der Waals surface area (Å²) in [6.07, 6.45) is 1.79. The molecule has 0 atom stereocenters. The van der Waals surface area contributed by atoms with Crippen LogP contribution in [0.25, 0.3) is 0 Å². The van der Waals surface area contributed by atoms with Crippen LogP contribution in [0.15, 0.2) is 46.4 Å². The molecule has 0 amide bonds. The molecule has 2 N–H and O–H groups in total. The highest BCUT2D eigenvalue weighted by molar-refractivity contribution is 14.0. The Kier molecular flexibility index (Phi) is 9.42. The zero-order valence-corrected chi connectivity index (χ0v) is 17.0. The van der Waals surface area contributed by atoms with Crippen LogP contribution in [0.2, 0.25) is 5.02 Å². The Bertz CT molecular complexity index is 615. The Balaban J connectivity index is 0.00000264. The van der Waals surface area contributed by atoms with Crippen molar-refractivity contribution in [3.05, 3.63) is 47.2 Å². The van der Waals surface area contributed by atoms with Crippen LogP contribution in [0.3, 0.4) is 0 Å². The summed E-state index contributed by atoms with van der Waals surface area (Å²) in [5.74, 6) is 1.74. The SMILES string of the molecule is CN=C(NCCSc1ccc(Cl)cc1)NCc1ccnn1C.I. The van der Waals surface area contributed by atoms with E-state index in [0.717, 1.165) is 29.0 Å². The number of aromatic nitrogens is 2. The predicted octanol–water partition coefficient (Wildman–Crippen LogP) is 3.15. The van der Waals surface area contributed by atoms with Gasteiger partial charge < -0.3 is 10.6 Å². The van der Waals surface area contributed by atoms with E-state index in [2.05, 4.69) is 20.7 Å². The maximum Gasteiger partial charge on any atom is 0.191 e. The normalized spacial score (nSPS) is 11.0. The van der Waals surface area contributed by atoms with Crippen LogP contribution in [-0.2, 0) is 13.6 Å². The molecule has 0 aliphatic heterocycles. The van der Waals surface area contributed by atoms with Gasteiger partial charge >= 0.3 is 0 Å². The summed E-state index contributed by atoms with van der Waals surface area (Å²) in [5, 5.41) is 11.5. The molecule has 8 heteroatoms. The lowest BCUT2D eigenvalue weighted by atomic mass is 10.4. The predicted molar refractivity (Wildman–Crippen MR) is 109 cm³/mol. The van der Waals surface area contributed by atoms with Gasteiger partial charge in [0.15, 0.2) is 5.96 Å². The average Bonchev–Trinajstić information content (AvgIpc) is 2.93. The van der Waals surface area contributed by atoms with Crippen molar-refractivity contribution in [1.29, 1.82) is 0 Å². The molecule has 0 spiro atoms. The molecule has 2 aromatic rings. The Labute approximate surface area is 163 Å². The van der Waals surface area contributed by atoms with Gasteiger partial charge in [0, 0.05) is 42.5 Å². The highest BCUT2D eigenvalue weighted by Crippen LogP contribution is 2.19. The highest BCUT2D eigenvalue weighted by Gasteiger charge is 2.01. The standard InChI is InChI=1S/C15H20ClN5S.HI/c1-17-15(19-11-13-7-8-20-21(13)2)18-9-10-22-14-5-3-12(16)4-6-14;/h3-8H,9-11H2,1-2H3,(H2,17,18,19);1H. The van der Waals surface area contributed by atoms with Crippen molar-refractivity contribution in [3.63, 3.8) is 0 Å². The van der Waals surface area contributed by atoms with Gasteiger partial charge in [0.2, 0.25) is 0 Å². The van der Waals surface area contributed by atoms with E-state index in [1.54, 1.807) is 25.0 Å². The van der Waals surface area contributed by atoms with Crippen molar-refractivity contribution in [2.75, 3.05) is 19.3 Å². The summed E-state index contributed by atoms with van der Waals surface area (Å²) in [5.41, 5.74) is 1.11. The molecule has 0 saturated carbocycles. The van der Waals surface area contributed by atoms with E-state index in [1.807, 2.05) is 42.1 Å². The molecular formula is C15H21ClIN5S. The molecule has 0 bridgehead atoms. The van der Waals surface area contributed by atoms with Crippen LogP contribution < -0.4 is 10.6 Å². The number of nitrogens with one attached hydrogen (secondary N) is 2. The molecule has 0 saturated heterocycles. The van der Waals surface area contributed by atoms with Crippen LogP contribution >= 0.6 is 47.3 Å². The van der Waals surface area contributed by atoms with Gasteiger partial charge in [-0.2, -0.15) is 5.10 Å². The zero-order valence-electron chi connectivity index (χ0n) is 13.1. The monoisotopic (exact) mass is 465 g/mol. The first kappa shape index (κ1) is 20.1. The van der Waals surface area contributed by atoms with Gasteiger partial charge in [0.05, 0.1) is 12.2 Å². The molecule has 1 aromatic heterocycles. The second-order valence-corrected chi connectivity index (χ2v) is 6.21. The first-order valence-corrected chi connectivity index (χ1v) is 8.35. The molecule has 0 fully saturated rings. The lowest BCUT2D eigenvalue weighted by Crippen LogP contribution is -2.38. The summed E-state index contributed by atoms with van der Waals surface area (Å²) < 4.78 is 1.84. The highest BCUT2D eigenvalue weighted by atomic mass is 127. The van der Waals surface area contributed by atoms with Crippen molar-refractivity contribution < 1.29 is 0 Å². The lowest BCUT2D eigenvalue weighted by molar-refractivity contribution is 0.686. The van der Waals surface area contributed by atoms with E-state index in [9.17, 15) is 0 Å². The average molecular weight is 466 g/mol. The summed E-state index contributed by atoms with van der Waals surface area (Å²) >= 11 is 7.65. The number of nitrogens with zero attached hydrogens (tertiary/aromatic N) is 3. The summed E-state index contributed by atoms with van der Waals surface area (Å²) in [6.45, 7) is 1.53. The molecule has 0 aliphatic carbocycles. The minimum absolute atomic E-state index is 0. The minimum atomic E-state index is 0. The number of rotatable bonds is 6. The van der Waals surface area contributed by atoms with Gasteiger partial charge in [-0.05, 0) is 30.3 Å². The van der Waals surface area contributed by atoms with E-state index < -0.39 is 0 Å². The summed E-state index contributed by atoms with van der Waals surface area (Å²) in [7, 11) is 3.70. The summed E-state index contributed by atoms with van der Waals surface area (Å²) in [6, 6.07) is 9.86. The van der Waals surface area contributed by atoms with E-state index in [0.29, 0.717) is 6.54 Å². The number of thioether (sulfide) groups is 1. The fourth-order valence-corrected chi connectivity index (χ4v) is 2.73. The van der Waals surface area contributed by atoms with Crippen LogP contribution in [0.1, 0.15) is 5.69 Å². The molecule has 0 radical (unpaired) electrons. The molecule has 5 nitrogen and oxygen atoms in total. The third-order valence-corrected chi connectivity index (χ3v) is 4.33. The second kappa shape index (κ2) is 10.8. The second-order valence-electron chi connectivity index (χ2n) is 4.60. The van der Waals surface area contributed by atoms with Crippen LogP contribution in [0.4, 0.5) is 0 Å². The fraction of sp³-hybridized carbons (Fsp3) is 0.333. The van der Waals surface area contributed by atoms with Gasteiger partial charge in [-0.3, -0.25) is 9.67 Å². The minimum Gasteiger partial charge on any atom is -0.356 e. The van der Waals surface area contributed by atoms with Crippen LogP contribution in [0, 0.1) is 0 Å². The number of aliphatic imine (C=N–C) groups is 1.